The summed E-state index contributed by atoms with van der Waals surface area (Å²) in [6, 6.07) is 12.6. The fraction of sp³-hybridized carbons (Fsp3) is 0.364. The summed E-state index contributed by atoms with van der Waals surface area (Å²) in [6.07, 6.45) is 1.55. The molecule has 7 heteroatoms. The Hall–Kier alpha value is -2.24. The van der Waals surface area contributed by atoms with E-state index in [0.717, 1.165) is 29.7 Å². The molecule has 1 aliphatic rings. The van der Waals surface area contributed by atoms with Crippen LogP contribution in [0.4, 0.5) is 10.5 Å². The number of amides is 3. The first-order valence-corrected chi connectivity index (χ1v) is 10.5. The van der Waals surface area contributed by atoms with E-state index in [9.17, 15) is 9.59 Å². The maximum atomic E-state index is 12.8. The Morgan fingerprint density at radius 3 is 2.66 bits per heavy atom. The van der Waals surface area contributed by atoms with Crippen LogP contribution in [0.5, 0.6) is 0 Å². The summed E-state index contributed by atoms with van der Waals surface area (Å²) >= 11 is 12.0. The molecule has 0 radical (unpaired) electrons. The highest BCUT2D eigenvalue weighted by Crippen LogP contribution is 2.26. The van der Waals surface area contributed by atoms with Gasteiger partial charge in [-0.15, -0.1) is 0 Å². The maximum absolute atomic E-state index is 12.8. The van der Waals surface area contributed by atoms with Crippen LogP contribution in [0.25, 0.3) is 0 Å². The van der Waals surface area contributed by atoms with Crippen molar-refractivity contribution in [1.29, 1.82) is 0 Å². The topological polar surface area (TPSA) is 61.4 Å². The average molecular weight is 434 g/mol. The molecule has 0 spiro atoms. The van der Waals surface area contributed by atoms with Crippen LogP contribution < -0.4 is 10.6 Å². The number of anilines is 1. The lowest BCUT2D eigenvalue weighted by atomic mass is 9.96. The average Bonchev–Trinajstić information content (AvgIpc) is 2.70. The zero-order valence-corrected chi connectivity index (χ0v) is 18.1. The molecule has 2 N–H and O–H groups in total. The highest BCUT2D eigenvalue weighted by Gasteiger charge is 2.29. The van der Waals surface area contributed by atoms with Crippen LogP contribution in [-0.4, -0.2) is 29.9 Å². The third-order valence-corrected chi connectivity index (χ3v) is 5.89. The van der Waals surface area contributed by atoms with E-state index < -0.39 is 0 Å². The zero-order chi connectivity index (χ0) is 21.0. The van der Waals surface area contributed by atoms with Crippen molar-refractivity contribution in [2.75, 3.05) is 18.4 Å². The van der Waals surface area contributed by atoms with Gasteiger partial charge < -0.3 is 15.5 Å². The highest BCUT2D eigenvalue weighted by atomic mass is 35.5. The molecule has 0 bridgehead atoms. The van der Waals surface area contributed by atoms with Gasteiger partial charge in [-0.3, -0.25) is 4.79 Å². The van der Waals surface area contributed by atoms with Crippen LogP contribution >= 0.6 is 23.2 Å². The summed E-state index contributed by atoms with van der Waals surface area (Å²) < 4.78 is 0. The van der Waals surface area contributed by atoms with Crippen molar-refractivity contribution < 1.29 is 9.59 Å². The minimum atomic E-state index is -0.239. The number of hydrogen-bond donors (Lipinski definition) is 2. The van der Waals surface area contributed by atoms with E-state index in [4.69, 9.17) is 23.2 Å². The molecule has 154 valence electrons. The summed E-state index contributed by atoms with van der Waals surface area (Å²) in [5.74, 6) is -0.297. The number of urea groups is 1. The predicted octanol–water partition coefficient (Wildman–Crippen LogP) is 5.42. The Bertz CT molecular complexity index is 903. The third kappa shape index (κ3) is 5.64. The van der Waals surface area contributed by atoms with E-state index in [2.05, 4.69) is 10.6 Å². The highest BCUT2D eigenvalue weighted by molar-refractivity contribution is 6.42. The lowest BCUT2D eigenvalue weighted by Crippen LogP contribution is -2.47. The van der Waals surface area contributed by atoms with E-state index in [1.807, 2.05) is 44.2 Å². The summed E-state index contributed by atoms with van der Waals surface area (Å²) in [5.41, 5.74) is 2.72. The molecule has 29 heavy (non-hydrogen) atoms. The lowest BCUT2D eigenvalue weighted by Gasteiger charge is -2.32. The van der Waals surface area contributed by atoms with Gasteiger partial charge in [-0.25, -0.2) is 4.79 Å². The van der Waals surface area contributed by atoms with Crippen molar-refractivity contribution in [1.82, 2.24) is 10.2 Å². The van der Waals surface area contributed by atoms with Gasteiger partial charge in [-0.1, -0.05) is 41.4 Å². The van der Waals surface area contributed by atoms with Crippen molar-refractivity contribution >= 4 is 40.8 Å². The van der Waals surface area contributed by atoms with Crippen LogP contribution in [0.3, 0.4) is 0 Å². The molecule has 0 saturated carbocycles. The first-order valence-electron chi connectivity index (χ1n) is 9.71. The predicted molar refractivity (Wildman–Crippen MR) is 118 cm³/mol. The van der Waals surface area contributed by atoms with Crippen molar-refractivity contribution in [2.24, 2.45) is 5.92 Å². The number of carbonyl (C=O) groups excluding carboxylic acids is 2. The Morgan fingerprint density at radius 1 is 1.14 bits per heavy atom. The van der Waals surface area contributed by atoms with Crippen molar-refractivity contribution in [2.45, 2.75) is 32.7 Å². The molecule has 5 nitrogen and oxygen atoms in total. The molecule has 3 rings (SSSR count). The van der Waals surface area contributed by atoms with Gasteiger partial charge in [-0.05, 0) is 62.1 Å². The van der Waals surface area contributed by atoms with Gasteiger partial charge in [0.15, 0.2) is 0 Å². The molecule has 2 atom stereocenters. The smallest absolute Gasteiger partial charge is 0.321 e. The number of halogens is 2. The van der Waals surface area contributed by atoms with Crippen LogP contribution in [0, 0.1) is 12.8 Å². The van der Waals surface area contributed by atoms with Gasteiger partial charge in [-0.2, -0.15) is 0 Å². The molecule has 3 amide bonds. The Kier molecular flexibility index (Phi) is 7.04. The molecule has 0 aliphatic carbocycles. The van der Waals surface area contributed by atoms with Crippen molar-refractivity contribution in [3.8, 4) is 0 Å². The number of aryl methyl sites for hydroxylation is 1. The first kappa shape index (κ1) is 21.5. The molecule has 1 saturated heterocycles. The Labute approximate surface area is 181 Å². The van der Waals surface area contributed by atoms with Gasteiger partial charge in [0.1, 0.15) is 0 Å². The minimum absolute atomic E-state index is 0.0587. The van der Waals surface area contributed by atoms with Crippen molar-refractivity contribution in [3.63, 3.8) is 0 Å². The lowest BCUT2D eigenvalue weighted by molar-refractivity contribution is -0.126. The van der Waals surface area contributed by atoms with Gasteiger partial charge in [0.2, 0.25) is 5.91 Å². The molecular formula is C22H25Cl2N3O2. The molecule has 2 aromatic rings. The minimum Gasteiger partial charge on any atom is -0.349 e. The molecule has 1 fully saturated rings. The number of benzene rings is 2. The summed E-state index contributed by atoms with van der Waals surface area (Å²) in [6.45, 7) is 4.93. The van der Waals surface area contributed by atoms with Gasteiger partial charge in [0, 0.05) is 18.8 Å². The van der Waals surface area contributed by atoms with E-state index in [0.29, 0.717) is 23.1 Å². The van der Waals surface area contributed by atoms with Crippen LogP contribution in [0.2, 0.25) is 10.0 Å². The molecule has 2 aromatic carbocycles. The second-order valence-corrected chi connectivity index (χ2v) is 8.30. The zero-order valence-electron chi connectivity index (χ0n) is 16.5. The number of hydrogen-bond acceptors (Lipinski definition) is 2. The third-order valence-electron chi connectivity index (χ3n) is 5.15. The quantitative estimate of drug-likeness (QED) is 0.675. The van der Waals surface area contributed by atoms with Crippen LogP contribution in [-0.2, 0) is 4.79 Å². The normalized spacial score (nSPS) is 17.5. The van der Waals surface area contributed by atoms with Gasteiger partial charge >= 0.3 is 6.03 Å². The fourth-order valence-corrected chi connectivity index (χ4v) is 3.80. The van der Waals surface area contributed by atoms with E-state index in [1.165, 1.54) is 0 Å². The van der Waals surface area contributed by atoms with Crippen LogP contribution in [0.1, 0.15) is 36.9 Å². The fourth-order valence-electron chi connectivity index (χ4n) is 3.50. The number of rotatable bonds is 4. The van der Waals surface area contributed by atoms with Crippen LogP contribution in [0.15, 0.2) is 42.5 Å². The maximum Gasteiger partial charge on any atom is 0.321 e. The summed E-state index contributed by atoms with van der Waals surface area (Å²) in [4.78, 5) is 27.1. The van der Waals surface area contributed by atoms with Crippen molar-refractivity contribution in [3.05, 3.63) is 63.6 Å². The van der Waals surface area contributed by atoms with E-state index >= 15 is 0 Å². The summed E-state index contributed by atoms with van der Waals surface area (Å²) in [7, 11) is 0. The number of piperidine rings is 1. The standard InChI is InChI=1S/C22H25Cl2N3O2/c1-14-5-3-7-18(11-14)26-22(29)27-10-4-6-17(13-27)21(28)25-15(2)16-8-9-19(23)20(24)12-16/h3,5,7-9,11-12,15,17H,4,6,10,13H2,1-2H3,(H,25,28)(H,26,29). The number of carbonyl (C=O) groups is 2. The molecule has 2 unspecified atom stereocenters. The Morgan fingerprint density at radius 2 is 1.93 bits per heavy atom. The SMILES string of the molecule is Cc1cccc(NC(=O)N2CCCC(C(=O)NC(C)c3ccc(Cl)c(Cl)c3)C2)c1. The molecular weight excluding hydrogens is 409 g/mol. The monoisotopic (exact) mass is 433 g/mol. The number of nitrogens with one attached hydrogen (secondary N) is 2. The van der Waals surface area contributed by atoms with E-state index in [1.54, 1.807) is 17.0 Å². The Balaban J connectivity index is 1.58. The number of likely N-dealkylation sites (tertiary alicyclic amines) is 1. The van der Waals surface area contributed by atoms with E-state index in [-0.39, 0.29) is 23.9 Å². The summed E-state index contributed by atoms with van der Waals surface area (Å²) in [5, 5.41) is 6.89. The molecule has 1 aliphatic heterocycles. The first-order chi connectivity index (χ1) is 13.8. The number of nitrogens with zero attached hydrogens (tertiary/aromatic N) is 1. The largest absolute Gasteiger partial charge is 0.349 e. The van der Waals surface area contributed by atoms with Gasteiger partial charge in [0.05, 0.1) is 22.0 Å². The molecule has 0 aromatic heterocycles. The molecule has 1 heterocycles. The second-order valence-electron chi connectivity index (χ2n) is 7.49. The second kappa shape index (κ2) is 9.51. The van der Waals surface area contributed by atoms with Gasteiger partial charge in [0.25, 0.3) is 0 Å².